The first-order valence-corrected chi connectivity index (χ1v) is 7.14. The van der Waals surface area contributed by atoms with Crippen molar-refractivity contribution in [3.8, 4) is 0 Å². The number of carboxylic acids is 1. The van der Waals surface area contributed by atoms with E-state index in [1.807, 2.05) is 0 Å². The third-order valence-corrected chi connectivity index (χ3v) is 3.66. The Kier molecular flexibility index (Phi) is 4.62. The number of carbonyl (C=O) groups is 1. The molecule has 0 spiro atoms. The molecule has 2 rings (SSSR count). The molecule has 0 fully saturated rings. The normalized spacial score (nSPS) is 10.6. The number of halogens is 3. The number of carboxylic acid groups (broad SMARTS) is 1. The molecule has 0 amide bonds. The summed E-state index contributed by atoms with van der Waals surface area (Å²) in [6, 6.07) is 5.09. The van der Waals surface area contributed by atoms with Gasteiger partial charge in [0, 0.05) is 10.0 Å². The van der Waals surface area contributed by atoms with E-state index in [0.717, 1.165) is 4.47 Å². The van der Waals surface area contributed by atoms with Crippen molar-refractivity contribution < 1.29 is 14.3 Å². The Hall–Kier alpha value is -1.17. The van der Waals surface area contributed by atoms with E-state index in [2.05, 4.69) is 21.2 Å². The predicted molar refractivity (Wildman–Crippen MR) is 81.9 cm³/mol. The molecule has 1 aromatic heterocycles. The van der Waals surface area contributed by atoms with Gasteiger partial charge in [0.25, 0.3) is 0 Å². The van der Waals surface area contributed by atoms with Gasteiger partial charge in [-0.15, -0.1) is 0 Å². The van der Waals surface area contributed by atoms with Gasteiger partial charge in [0.15, 0.2) is 0 Å². The molecule has 0 bridgehead atoms. The fraction of sp³-hybridized carbons (Fsp3) is 0.154. The molecule has 0 saturated carbocycles. The zero-order valence-electron chi connectivity index (χ0n) is 10.3. The molecule has 106 valence electrons. The summed E-state index contributed by atoms with van der Waals surface area (Å²) in [4.78, 5) is 10.9. The monoisotopic (exact) mass is 377 g/mol. The fourth-order valence-corrected chi connectivity index (χ4v) is 3.08. The quantitative estimate of drug-likeness (QED) is 0.788. The first-order valence-electron chi connectivity index (χ1n) is 5.59. The minimum atomic E-state index is -1.09. The number of hydrogen-bond acceptors (Lipinski definition) is 3. The van der Waals surface area contributed by atoms with Crippen LogP contribution in [-0.4, -0.2) is 11.1 Å². The van der Waals surface area contributed by atoms with Crippen molar-refractivity contribution in [1.82, 2.24) is 0 Å². The maximum atomic E-state index is 10.9. The highest BCUT2D eigenvalue weighted by molar-refractivity contribution is 9.10. The lowest BCUT2D eigenvalue weighted by atomic mass is 10.2. The molecule has 0 aliphatic heterocycles. The van der Waals surface area contributed by atoms with Crippen LogP contribution in [0.1, 0.15) is 21.9 Å². The average molecular weight is 379 g/mol. The lowest BCUT2D eigenvalue weighted by Gasteiger charge is -2.09. The highest BCUT2D eigenvalue weighted by atomic mass is 79.9. The summed E-state index contributed by atoms with van der Waals surface area (Å²) in [5.41, 5.74) is 1.14. The van der Waals surface area contributed by atoms with Crippen molar-refractivity contribution in [2.45, 2.75) is 13.5 Å². The Morgan fingerprint density at radius 3 is 2.45 bits per heavy atom. The molecule has 2 aromatic rings. The van der Waals surface area contributed by atoms with Crippen molar-refractivity contribution in [2.75, 3.05) is 5.32 Å². The lowest BCUT2D eigenvalue weighted by Crippen LogP contribution is -2.00. The number of anilines is 1. The molecule has 0 aliphatic carbocycles. The van der Waals surface area contributed by atoms with E-state index in [1.54, 1.807) is 25.1 Å². The summed E-state index contributed by atoms with van der Waals surface area (Å²) < 4.78 is 6.02. The van der Waals surface area contributed by atoms with Crippen LogP contribution in [-0.2, 0) is 6.54 Å². The first kappa shape index (κ1) is 15.2. The number of furan rings is 1. The van der Waals surface area contributed by atoms with Gasteiger partial charge in [-0.3, -0.25) is 0 Å². The molecule has 7 heteroatoms. The maximum absolute atomic E-state index is 10.9. The number of nitrogens with one attached hydrogen (secondary N) is 1. The fourth-order valence-electron chi connectivity index (χ4n) is 1.73. The van der Waals surface area contributed by atoms with Gasteiger partial charge in [0.1, 0.15) is 5.76 Å². The first-order chi connectivity index (χ1) is 9.38. The predicted octanol–water partition coefficient (Wildman–Crippen LogP) is 4.97. The van der Waals surface area contributed by atoms with Gasteiger partial charge in [-0.1, -0.05) is 39.1 Å². The van der Waals surface area contributed by atoms with Gasteiger partial charge in [-0.2, -0.15) is 0 Å². The van der Waals surface area contributed by atoms with Crippen molar-refractivity contribution in [2.24, 2.45) is 0 Å². The second-order valence-corrected chi connectivity index (χ2v) is 5.86. The molecule has 0 atom stereocenters. The van der Waals surface area contributed by atoms with Gasteiger partial charge in [0.2, 0.25) is 5.76 Å². The number of hydrogen-bond donors (Lipinski definition) is 2. The van der Waals surface area contributed by atoms with E-state index in [4.69, 9.17) is 32.7 Å². The highest BCUT2D eigenvalue weighted by Crippen LogP contribution is 2.34. The van der Waals surface area contributed by atoms with Crippen molar-refractivity contribution in [3.05, 3.63) is 49.8 Å². The minimum Gasteiger partial charge on any atom is -0.475 e. The largest absolute Gasteiger partial charge is 0.475 e. The van der Waals surface area contributed by atoms with E-state index < -0.39 is 5.97 Å². The number of benzene rings is 1. The molecule has 2 N–H and O–H groups in total. The van der Waals surface area contributed by atoms with E-state index in [9.17, 15) is 4.79 Å². The number of rotatable bonds is 4. The van der Waals surface area contributed by atoms with E-state index in [1.165, 1.54) is 0 Å². The second kappa shape index (κ2) is 6.08. The van der Waals surface area contributed by atoms with E-state index in [0.29, 0.717) is 27.1 Å². The summed E-state index contributed by atoms with van der Waals surface area (Å²) in [7, 11) is 0. The molecule has 0 saturated heterocycles. The average Bonchev–Trinajstić information content (AvgIpc) is 2.69. The summed E-state index contributed by atoms with van der Waals surface area (Å²) in [6.45, 7) is 1.96. The molecule has 0 unspecified atom stereocenters. The zero-order chi connectivity index (χ0) is 14.9. The Morgan fingerprint density at radius 1 is 1.35 bits per heavy atom. The molecule has 1 aromatic carbocycles. The van der Waals surface area contributed by atoms with Gasteiger partial charge < -0.3 is 14.8 Å². The molecular weight excluding hydrogens is 369 g/mol. The van der Waals surface area contributed by atoms with Gasteiger partial charge >= 0.3 is 5.97 Å². The van der Waals surface area contributed by atoms with Crippen LogP contribution in [0, 0.1) is 6.92 Å². The van der Waals surface area contributed by atoms with Crippen LogP contribution < -0.4 is 5.32 Å². The molecule has 0 aliphatic rings. The van der Waals surface area contributed by atoms with Crippen molar-refractivity contribution in [3.63, 3.8) is 0 Å². The van der Waals surface area contributed by atoms with Gasteiger partial charge in [-0.25, -0.2) is 4.79 Å². The smallest absolute Gasteiger partial charge is 0.372 e. The summed E-state index contributed by atoms with van der Waals surface area (Å²) >= 11 is 15.5. The van der Waals surface area contributed by atoms with Crippen LogP contribution in [0.3, 0.4) is 0 Å². The van der Waals surface area contributed by atoms with Crippen LogP contribution in [0.2, 0.25) is 10.0 Å². The molecule has 0 radical (unpaired) electrons. The summed E-state index contributed by atoms with van der Waals surface area (Å²) in [6.07, 6.45) is 0. The topological polar surface area (TPSA) is 62.5 Å². The van der Waals surface area contributed by atoms with Gasteiger partial charge in [0.05, 0.1) is 22.3 Å². The van der Waals surface area contributed by atoms with Crippen LogP contribution in [0.5, 0.6) is 0 Å². The Morgan fingerprint density at radius 2 is 1.95 bits per heavy atom. The maximum Gasteiger partial charge on any atom is 0.372 e. The number of aryl methyl sites for hydroxylation is 1. The summed E-state index contributed by atoms with van der Waals surface area (Å²) in [5.74, 6) is -0.654. The Labute approximate surface area is 133 Å². The second-order valence-electron chi connectivity index (χ2n) is 4.13. The molecule has 1 heterocycles. The zero-order valence-corrected chi connectivity index (χ0v) is 13.4. The Bertz CT molecular complexity index is 647. The number of aromatic carboxylic acids is 1. The summed E-state index contributed by atoms with van der Waals surface area (Å²) in [5, 5.41) is 12.9. The highest BCUT2D eigenvalue weighted by Gasteiger charge is 2.15. The van der Waals surface area contributed by atoms with Crippen molar-refractivity contribution >= 4 is 50.8 Å². The molecule has 20 heavy (non-hydrogen) atoms. The minimum absolute atomic E-state index is 0.0604. The molecular formula is C13H10BrCl2NO3. The standard InChI is InChI=1S/C13H10BrCl2NO3/c1-6-2-8(20-12(6)13(18)19)5-17-11-9(15)3-7(14)4-10(11)16/h2-4,17H,5H2,1H3,(H,18,19). The SMILES string of the molecule is Cc1cc(CNc2c(Cl)cc(Br)cc2Cl)oc1C(=O)O. The van der Waals surface area contributed by atoms with Gasteiger partial charge in [-0.05, 0) is 25.1 Å². The van der Waals surface area contributed by atoms with Crippen LogP contribution in [0.25, 0.3) is 0 Å². The Balaban J connectivity index is 2.17. The lowest BCUT2D eigenvalue weighted by molar-refractivity contribution is 0.0659. The van der Waals surface area contributed by atoms with Crippen LogP contribution in [0.4, 0.5) is 5.69 Å². The third kappa shape index (κ3) is 3.29. The molecule has 4 nitrogen and oxygen atoms in total. The van der Waals surface area contributed by atoms with E-state index in [-0.39, 0.29) is 12.3 Å². The van der Waals surface area contributed by atoms with E-state index >= 15 is 0 Å². The van der Waals surface area contributed by atoms with Crippen LogP contribution >= 0.6 is 39.1 Å². The third-order valence-electron chi connectivity index (χ3n) is 2.61. The van der Waals surface area contributed by atoms with Crippen molar-refractivity contribution in [1.29, 1.82) is 0 Å². The van der Waals surface area contributed by atoms with Crippen LogP contribution in [0.15, 0.2) is 27.1 Å².